The molecule has 0 radical (unpaired) electrons. The molecule has 1 aliphatic carbocycles. The Bertz CT molecular complexity index is 1550. The highest BCUT2D eigenvalue weighted by molar-refractivity contribution is 9.10. The Labute approximate surface area is 234 Å². The van der Waals surface area contributed by atoms with Crippen molar-refractivity contribution in [1.29, 1.82) is 0 Å². The van der Waals surface area contributed by atoms with Gasteiger partial charge in [-0.15, -0.1) is 11.3 Å². The van der Waals surface area contributed by atoms with Gasteiger partial charge in [0.25, 0.3) is 11.8 Å². The van der Waals surface area contributed by atoms with E-state index in [0.717, 1.165) is 64.4 Å². The Hall–Kier alpha value is -3.49. The number of hydrazone groups is 1. The summed E-state index contributed by atoms with van der Waals surface area (Å²) in [4.78, 5) is 27.5. The largest absolute Gasteiger partial charge is 0.322 e. The van der Waals surface area contributed by atoms with E-state index in [1.54, 1.807) is 23.6 Å². The van der Waals surface area contributed by atoms with Crippen LogP contribution in [0.2, 0.25) is 0 Å². The smallest absolute Gasteiger partial charge is 0.272 e. The van der Waals surface area contributed by atoms with Gasteiger partial charge < -0.3 is 9.88 Å². The summed E-state index contributed by atoms with van der Waals surface area (Å²) in [5.41, 5.74) is 9.85. The van der Waals surface area contributed by atoms with Gasteiger partial charge in [0.1, 0.15) is 5.00 Å². The van der Waals surface area contributed by atoms with Crippen molar-refractivity contribution in [3.05, 3.63) is 103 Å². The number of hydrogen-bond donors (Lipinski definition) is 2. The molecule has 8 heteroatoms. The third kappa shape index (κ3) is 5.24. The van der Waals surface area contributed by atoms with Crippen LogP contribution in [0.25, 0.3) is 5.00 Å². The number of nitrogens with zero attached hydrogens (tertiary/aromatic N) is 2. The molecule has 5 rings (SSSR count). The molecule has 0 aliphatic heterocycles. The van der Waals surface area contributed by atoms with Gasteiger partial charge in [-0.05, 0) is 98.3 Å². The normalized spacial score (nSPS) is 12.9. The number of halogens is 1. The lowest BCUT2D eigenvalue weighted by Gasteiger charge is -2.14. The monoisotopic (exact) mass is 588 g/mol. The summed E-state index contributed by atoms with van der Waals surface area (Å²) >= 11 is 5.11. The maximum atomic E-state index is 13.7. The Morgan fingerprint density at radius 1 is 1.00 bits per heavy atom. The van der Waals surface area contributed by atoms with Crippen LogP contribution in [0.5, 0.6) is 0 Å². The Morgan fingerprint density at radius 3 is 2.50 bits per heavy atom. The van der Waals surface area contributed by atoms with Crippen LogP contribution in [0.1, 0.15) is 66.5 Å². The van der Waals surface area contributed by atoms with E-state index in [0.29, 0.717) is 10.0 Å². The topological polar surface area (TPSA) is 75.5 Å². The lowest BCUT2D eigenvalue weighted by Crippen LogP contribution is -2.18. The molecule has 2 heterocycles. The fraction of sp³-hybridized carbons (Fsp3) is 0.233. The van der Waals surface area contributed by atoms with E-state index < -0.39 is 0 Å². The first-order valence-corrected chi connectivity index (χ1v) is 14.2. The van der Waals surface area contributed by atoms with E-state index in [9.17, 15) is 9.59 Å². The standard InChI is InChI=1S/C30H29BrN4O2S/c1-18-12-14-22(15-13-18)33-29(37)27-24-9-5-7-11-26(24)38-30(27)35-19(2)16-21(20(35)3)17-32-34-28(36)23-8-4-6-10-25(23)31/h4,6,8,10,12-17H,5,7,9,11H2,1-3H3,(H,33,37)(H,34,36)/b32-17-. The molecule has 2 aromatic heterocycles. The minimum absolute atomic E-state index is 0.0772. The van der Waals surface area contributed by atoms with Crippen LogP contribution in [-0.2, 0) is 12.8 Å². The lowest BCUT2D eigenvalue weighted by atomic mass is 9.95. The van der Waals surface area contributed by atoms with E-state index >= 15 is 0 Å². The van der Waals surface area contributed by atoms with Crippen LogP contribution in [0.3, 0.4) is 0 Å². The van der Waals surface area contributed by atoms with Crippen molar-refractivity contribution in [2.45, 2.75) is 46.5 Å². The summed E-state index contributed by atoms with van der Waals surface area (Å²) in [6.07, 6.45) is 5.81. The molecule has 4 aromatic rings. The summed E-state index contributed by atoms with van der Waals surface area (Å²) < 4.78 is 2.85. The second-order valence-corrected chi connectivity index (χ2v) is 11.5. The van der Waals surface area contributed by atoms with Gasteiger partial charge in [-0.1, -0.05) is 29.8 Å². The van der Waals surface area contributed by atoms with E-state index in [4.69, 9.17) is 0 Å². The number of aryl methyl sites for hydroxylation is 3. The van der Waals surface area contributed by atoms with E-state index in [-0.39, 0.29) is 11.8 Å². The molecule has 0 saturated heterocycles. The predicted molar refractivity (Wildman–Crippen MR) is 158 cm³/mol. The van der Waals surface area contributed by atoms with Gasteiger partial charge in [0, 0.05) is 32.0 Å². The fourth-order valence-electron chi connectivity index (χ4n) is 4.87. The average molecular weight is 590 g/mol. The van der Waals surface area contributed by atoms with Gasteiger partial charge in [-0.2, -0.15) is 5.10 Å². The number of benzene rings is 2. The van der Waals surface area contributed by atoms with Crippen LogP contribution in [0.4, 0.5) is 5.69 Å². The molecule has 0 saturated carbocycles. The zero-order chi connectivity index (χ0) is 26.8. The number of hydrogen-bond acceptors (Lipinski definition) is 4. The first kappa shape index (κ1) is 26.1. The predicted octanol–water partition coefficient (Wildman–Crippen LogP) is 7.12. The molecule has 38 heavy (non-hydrogen) atoms. The third-order valence-corrected chi connectivity index (χ3v) is 8.82. The first-order valence-electron chi connectivity index (χ1n) is 12.6. The number of carbonyl (C=O) groups is 2. The molecule has 0 fully saturated rings. The summed E-state index contributed by atoms with van der Waals surface area (Å²) in [6.45, 7) is 6.08. The summed E-state index contributed by atoms with van der Waals surface area (Å²) in [5, 5.41) is 8.28. The van der Waals surface area contributed by atoms with Gasteiger partial charge in [0.15, 0.2) is 0 Å². The van der Waals surface area contributed by atoms with E-state index in [1.165, 1.54) is 10.4 Å². The van der Waals surface area contributed by atoms with Crippen molar-refractivity contribution in [2.24, 2.45) is 5.10 Å². The van der Waals surface area contributed by atoms with Crippen molar-refractivity contribution in [2.75, 3.05) is 5.32 Å². The SMILES string of the molecule is Cc1ccc(NC(=O)c2c(-n3c(C)cc(/C=N\NC(=O)c4ccccc4Br)c3C)sc3c2CCCC3)cc1. The molecular formula is C30H29BrN4O2S. The van der Waals surface area contributed by atoms with Crippen LogP contribution >= 0.6 is 27.3 Å². The molecular weight excluding hydrogens is 560 g/mol. The van der Waals surface area contributed by atoms with Crippen molar-refractivity contribution < 1.29 is 9.59 Å². The first-order chi connectivity index (χ1) is 18.3. The Kier molecular flexibility index (Phi) is 7.63. The zero-order valence-electron chi connectivity index (χ0n) is 21.6. The summed E-state index contributed by atoms with van der Waals surface area (Å²) in [6, 6.07) is 17.1. The third-order valence-electron chi connectivity index (χ3n) is 6.85. The molecule has 2 amide bonds. The number of carbonyl (C=O) groups excluding carboxylic acids is 2. The second kappa shape index (κ2) is 11.1. The molecule has 194 valence electrons. The minimum Gasteiger partial charge on any atom is -0.322 e. The molecule has 0 spiro atoms. The Morgan fingerprint density at radius 2 is 1.74 bits per heavy atom. The maximum Gasteiger partial charge on any atom is 0.272 e. The van der Waals surface area contributed by atoms with E-state index in [1.807, 2.05) is 69.3 Å². The van der Waals surface area contributed by atoms with Crippen molar-refractivity contribution in [3.8, 4) is 5.00 Å². The molecule has 2 aromatic carbocycles. The highest BCUT2D eigenvalue weighted by atomic mass is 79.9. The van der Waals surface area contributed by atoms with Crippen LogP contribution in [0, 0.1) is 20.8 Å². The number of fused-ring (bicyclic) bond motifs is 1. The highest BCUT2D eigenvalue weighted by Crippen LogP contribution is 2.39. The molecule has 0 bridgehead atoms. The number of nitrogens with one attached hydrogen (secondary N) is 2. The van der Waals surface area contributed by atoms with Gasteiger partial charge in [0.2, 0.25) is 0 Å². The summed E-state index contributed by atoms with van der Waals surface area (Å²) in [5.74, 6) is -0.366. The minimum atomic E-state index is -0.288. The molecule has 1 aliphatic rings. The van der Waals surface area contributed by atoms with Crippen molar-refractivity contribution in [1.82, 2.24) is 9.99 Å². The number of rotatable bonds is 6. The lowest BCUT2D eigenvalue weighted by molar-refractivity contribution is 0.0953. The number of anilines is 1. The Balaban J connectivity index is 1.46. The highest BCUT2D eigenvalue weighted by Gasteiger charge is 2.28. The molecule has 2 N–H and O–H groups in total. The summed E-state index contributed by atoms with van der Waals surface area (Å²) in [7, 11) is 0. The number of thiophene rings is 1. The van der Waals surface area contributed by atoms with Gasteiger partial charge in [-0.25, -0.2) is 5.43 Å². The van der Waals surface area contributed by atoms with Crippen molar-refractivity contribution in [3.63, 3.8) is 0 Å². The fourth-order valence-corrected chi connectivity index (χ4v) is 6.83. The number of amides is 2. The van der Waals surface area contributed by atoms with Crippen molar-refractivity contribution >= 4 is 51.0 Å². The van der Waals surface area contributed by atoms with Crippen LogP contribution in [0.15, 0.2) is 64.2 Å². The molecule has 6 nitrogen and oxygen atoms in total. The van der Waals surface area contributed by atoms with Gasteiger partial charge in [-0.3, -0.25) is 9.59 Å². The van der Waals surface area contributed by atoms with E-state index in [2.05, 4.69) is 36.3 Å². The number of aromatic nitrogens is 1. The average Bonchev–Trinajstić information content (AvgIpc) is 3.41. The van der Waals surface area contributed by atoms with Crippen LogP contribution < -0.4 is 10.7 Å². The maximum absolute atomic E-state index is 13.7. The quantitative estimate of drug-likeness (QED) is 0.186. The van der Waals surface area contributed by atoms with Crippen LogP contribution in [-0.4, -0.2) is 22.6 Å². The zero-order valence-corrected chi connectivity index (χ0v) is 24.0. The van der Waals surface area contributed by atoms with Gasteiger partial charge in [0.05, 0.1) is 17.3 Å². The molecule has 0 unspecified atom stereocenters. The second-order valence-electron chi connectivity index (χ2n) is 9.55. The van der Waals surface area contributed by atoms with Gasteiger partial charge >= 0.3 is 0 Å². The molecule has 0 atom stereocenters.